The van der Waals surface area contributed by atoms with Crippen molar-refractivity contribution in [3.05, 3.63) is 35.2 Å². The molecule has 2 heterocycles. The van der Waals surface area contributed by atoms with Crippen molar-refractivity contribution >= 4 is 11.6 Å². The SMILES string of the molecule is CC(Cc1nc(-c2ccc(Cl)cc2)no1)C1CCCNC1. The predicted octanol–water partition coefficient (Wildman–Crippen LogP) is 3.57. The van der Waals surface area contributed by atoms with Crippen LogP contribution >= 0.6 is 11.6 Å². The Morgan fingerprint density at radius 3 is 2.90 bits per heavy atom. The van der Waals surface area contributed by atoms with Gasteiger partial charge in [0.05, 0.1) is 0 Å². The van der Waals surface area contributed by atoms with Crippen LogP contribution in [0.1, 0.15) is 25.7 Å². The highest BCUT2D eigenvalue weighted by Crippen LogP contribution is 2.24. The van der Waals surface area contributed by atoms with E-state index in [4.69, 9.17) is 16.1 Å². The number of rotatable bonds is 4. The van der Waals surface area contributed by atoms with Gasteiger partial charge in [-0.3, -0.25) is 0 Å². The van der Waals surface area contributed by atoms with Gasteiger partial charge in [-0.25, -0.2) is 0 Å². The number of halogens is 1. The van der Waals surface area contributed by atoms with E-state index in [0.717, 1.165) is 31.0 Å². The molecule has 1 saturated heterocycles. The molecule has 0 radical (unpaired) electrons. The predicted molar refractivity (Wildman–Crippen MR) is 83.2 cm³/mol. The summed E-state index contributed by atoms with van der Waals surface area (Å²) in [5.74, 6) is 2.61. The highest BCUT2D eigenvalue weighted by atomic mass is 35.5. The van der Waals surface area contributed by atoms with E-state index in [2.05, 4.69) is 22.4 Å². The van der Waals surface area contributed by atoms with Crippen LogP contribution in [0.5, 0.6) is 0 Å². The second kappa shape index (κ2) is 6.58. The fourth-order valence-electron chi connectivity index (χ4n) is 2.86. The number of nitrogens with zero attached hydrogens (tertiary/aromatic N) is 2. The van der Waals surface area contributed by atoms with Crippen LogP contribution in [0.3, 0.4) is 0 Å². The van der Waals surface area contributed by atoms with Crippen molar-refractivity contribution < 1.29 is 4.52 Å². The number of nitrogens with one attached hydrogen (secondary N) is 1. The summed E-state index contributed by atoms with van der Waals surface area (Å²) in [6.45, 7) is 4.51. The van der Waals surface area contributed by atoms with E-state index in [-0.39, 0.29) is 0 Å². The molecule has 2 aromatic rings. The molecule has 0 amide bonds. The summed E-state index contributed by atoms with van der Waals surface area (Å²) in [4.78, 5) is 4.50. The molecule has 21 heavy (non-hydrogen) atoms. The topological polar surface area (TPSA) is 51.0 Å². The van der Waals surface area contributed by atoms with Gasteiger partial charge in [-0.1, -0.05) is 23.7 Å². The van der Waals surface area contributed by atoms with Gasteiger partial charge in [0, 0.05) is 17.0 Å². The lowest BCUT2D eigenvalue weighted by molar-refractivity contribution is 0.257. The molecule has 0 saturated carbocycles. The molecule has 2 unspecified atom stereocenters. The zero-order valence-electron chi connectivity index (χ0n) is 12.2. The van der Waals surface area contributed by atoms with Gasteiger partial charge in [0.15, 0.2) is 0 Å². The Hall–Kier alpha value is -1.39. The van der Waals surface area contributed by atoms with Crippen molar-refractivity contribution in [3.63, 3.8) is 0 Å². The molecule has 112 valence electrons. The van der Waals surface area contributed by atoms with Gasteiger partial charge in [-0.05, 0) is 62.0 Å². The van der Waals surface area contributed by atoms with Crippen LogP contribution in [-0.2, 0) is 6.42 Å². The number of piperidine rings is 1. The minimum atomic E-state index is 0.552. The lowest BCUT2D eigenvalue weighted by Crippen LogP contribution is -2.33. The highest BCUT2D eigenvalue weighted by molar-refractivity contribution is 6.30. The van der Waals surface area contributed by atoms with Crippen LogP contribution in [0.15, 0.2) is 28.8 Å². The molecule has 1 aliphatic rings. The maximum Gasteiger partial charge on any atom is 0.227 e. The highest BCUT2D eigenvalue weighted by Gasteiger charge is 2.22. The Labute approximate surface area is 129 Å². The van der Waals surface area contributed by atoms with Crippen LogP contribution in [-0.4, -0.2) is 23.2 Å². The van der Waals surface area contributed by atoms with Crippen LogP contribution in [0.4, 0.5) is 0 Å². The number of benzene rings is 1. The van der Waals surface area contributed by atoms with Crippen molar-refractivity contribution in [1.82, 2.24) is 15.5 Å². The van der Waals surface area contributed by atoms with E-state index in [1.54, 1.807) is 0 Å². The molecule has 1 aromatic heterocycles. The van der Waals surface area contributed by atoms with Crippen molar-refractivity contribution in [2.24, 2.45) is 11.8 Å². The molecule has 1 aliphatic heterocycles. The largest absolute Gasteiger partial charge is 0.339 e. The number of aromatic nitrogens is 2. The molecule has 1 fully saturated rings. The summed E-state index contributed by atoms with van der Waals surface area (Å²) >= 11 is 5.89. The summed E-state index contributed by atoms with van der Waals surface area (Å²) in [6.07, 6.45) is 3.38. The standard InChI is InChI=1S/C16H20ClN3O/c1-11(13-3-2-8-18-10-13)9-15-19-16(20-21-15)12-4-6-14(17)7-5-12/h4-7,11,13,18H,2-3,8-10H2,1H3. The lowest BCUT2D eigenvalue weighted by Gasteiger charge is -2.27. The monoisotopic (exact) mass is 305 g/mol. The Bertz CT molecular complexity index is 575. The normalized spacial score (nSPS) is 20.4. The average molecular weight is 306 g/mol. The molecular formula is C16H20ClN3O. The Balaban J connectivity index is 1.65. The van der Waals surface area contributed by atoms with Gasteiger partial charge in [-0.2, -0.15) is 4.98 Å². The number of hydrogen-bond donors (Lipinski definition) is 1. The molecule has 2 atom stereocenters. The van der Waals surface area contributed by atoms with Gasteiger partial charge in [0.25, 0.3) is 0 Å². The fourth-order valence-corrected chi connectivity index (χ4v) is 2.99. The van der Waals surface area contributed by atoms with E-state index < -0.39 is 0 Å². The third-order valence-electron chi connectivity index (χ3n) is 4.21. The van der Waals surface area contributed by atoms with Crippen molar-refractivity contribution in [2.75, 3.05) is 13.1 Å². The molecule has 3 rings (SSSR count). The summed E-state index contributed by atoms with van der Waals surface area (Å²) < 4.78 is 5.40. The van der Waals surface area contributed by atoms with Gasteiger partial charge in [-0.15, -0.1) is 0 Å². The average Bonchev–Trinajstić information content (AvgIpc) is 2.97. The molecule has 5 heteroatoms. The summed E-state index contributed by atoms with van der Waals surface area (Å²) in [7, 11) is 0. The quantitative estimate of drug-likeness (QED) is 0.938. The van der Waals surface area contributed by atoms with Crippen LogP contribution < -0.4 is 5.32 Å². The Morgan fingerprint density at radius 2 is 2.19 bits per heavy atom. The molecule has 4 nitrogen and oxygen atoms in total. The van der Waals surface area contributed by atoms with Gasteiger partial charge in [0.1, 0.15) is 0 Å². The number of hydrogen-bond acceptors (Lipinski definition) is 4. The Morgan fingerprint density at radius 1 is 1.38 bits per heavy atom. The van der Waals surface area contributed by atoms with E-state index in [0.29, 0.717) is 22.7 Å². The van der Waals surface area contributed by atoms with Crippen LogP contribution in [0, 0.1) is 11.8 Å². The van der Waals surface area contributed by atoms with Crippen LogP contribution in [0.2, 0.25) is 5.02 Å². The third kappa shape index (κ3) is 3.63. The Kier molecular flexibility index (Phi) is 4.56. The van der Waals surface area contributed by atoms with Gasteiger partial charge in [0.2, 0.25) is 11.7 Å². The maximum absolute atomic E-state index is 5.89. The molecule has 0 spiro atoms. The molecular weight excluding hydrogens is 286 g/mol. The lowest BCUT2D eigenvalue weighted by atomic mass is 9.85. The van der Waals surface area contributed by atoms with E-state index in [1.165, 1.54) is 12.8 Å². The van der Waals surface area contributed by atoms with Crippen molar-refractivity contribution in [1.29, 1.82) is 0 Å². The first kappa shape index (κ1) is 14.5. The minimum Gasteiger partial charge on any atom is -0.339 e. The molecule has 0 bridgehead atoms. The maximum atomic E-state index is 5.89. The van der Waals surface area contributed by atoms with Crippen molar-refractivity contribution in [3.8, 4) is 11.4 Å². The van der Waals surface area contributed by atoms with Gasteiger partial charge >= 0.3 is 0 Å². The second-order valence-electron chi connectivity index (χ2n) is 5.81. The molecule has 1 N–H and O–H groups in total. The smallest absolute Gasteiger partial charge is 0.227 e. The van der Waals surface area contributed by atoms with Crippen molar-refractivity contribution in [2.45, 2.75) is 26.2 Å². The molecule has 0 aliphatic carbocycles. The minimum absolute atomic E-state index is 0.552. The summed E-state index contributed by atoms with van der Waals surface area (Å²) in [6, 6.07) is 7.49. The van der Waals surface area contributed by atoms with E-state index >= 15 is 0 Å². The second-order valence-corrected chi connectivity index (χ2v) is 6.24. The summed E-state index contributed by atoms with van der Waals surface area (Å²) in [5.41, 5.74) is 0.932. The van der Waals surface area contributed by atoms with Gasteiger partial charge < -0.3 is 9.84 Å². The van der Waals surface area contributed by atoms with Crippen LogP contribution in [0.25, 0.3) is 11.4 Å². The first-order valence-corrected chi connectivity index (χ1v) is 7.89. The summed E-state index contributed by atoms with van der Waals surface area (Å²) in [5, 5.41) is 8.24. The zero-order chi connectivity index (χ0) is 14.7. The third-order valence-corrected chi connectivity index (χ3v) is 4.46. The van der Waals surface area contributed by atoms with E-state index in [1.807, 2.05) is 24.3 Å². The molecule has 1 aromatic carbocycles. The first-order valence-electron chi connectivity index (χ1n) is 7.51. The first-order chi connectivity index (χ1) is 10.2. The zero-order valence-corrected chi connectivity index (χ0v) is 12.9. The van der Waals surface area contributed by atoms with E-state index in [9.17, 15) is 0 Å². The fraction of sp³-hybridized carbons (Fsp3) is 0.500.